The van der Waals surface area contributed by atoms with Crippen LogP contribution in [0.15, 0.2) is 36.7 Å². The van der Waals surface area contributed by atoms with E-state index in [1.807, 2.05) is 24.1 Å². The van der Waals surface area contributed by atoms with Crippen LogP contribution in [0.4, 0.5) is 5.82 Å². The lowest BCUT2D eigenvalue weighted by molar-refractivity contribution is 0.336. The zero-order chi connectivity index (χ0) is 22.9. The van der Waals surface area contributed by atoms with Crippen LogP contribution in [0.1, 0.15) is 35.7 Å². The quantitative estimate of drug-likeness (QED) is 0.408. The van der Waals surface area contributed by atoms with Gasteiger partial charge in [0.1, 0.15) is 5.82 Å². The summed E-state index contributed by atoms with van der Waals surface area (Å²) in [6.45, 7) is 5.05. The summed E-state index contributed by atoms with van der Waals surface area (Å²) >= 11 is 0. The number of fused-ring (bicyclic) bond motifs is 1. The first-order valence-corrected chi connectivity index (χ1v) is 11.5. The second-order valence-corrected chi connectivity index (χ2v) is 8.91. The normalized spacial score (nSPS) is 13.8. The average Bonchev–Trinajstić information content (AvgIpc) is 3.48. The molecule has 1 fully saturated rings. The van der Waals surface area contributed by atoms with E-state index in [1.165, 1.54) is 5.56 Å². The Bertz CT molecular complexity index is 1270. The molecule has 0 unspecified atom stereocenters. The number of rotatable bonds is 9. The summed E-state index contributed by atoms with van der Waals surface area (Å²) in [5.41, 5.74) is 11.1. The lowest BCUT2D eigenvalue weighted by atomic mass is 10.1. The molecule has 0 bridgehead atoms. The van der Waals surface area contributed by atoms with Crippen LogP contribution in [0, 0.1) is 6.92 Å². The van der Waals surface area contributed by atoms with Gasteiger partial charge in [0.2, 0.25) is 0 Å². The van der Waals surface area contributed by atoms with Crippen LogP contribution in [0.3, 0.4) is 0 Å². The van der Waals surface area contributed by atoms with Gasteiger partial charge in [0.25, 0.3) is 0 Å². The van der Waals surface area contributed by atoms with Crippen molar-refractivity contribution in [2.24, 2.45) is 12.8 Å². The highest BCUT2D eigenvalue weighted by Crippen LogP contribution is 2.37. The molecule has 1 aliphatic rings. The number of benzene rings is 1. The van der Waals surface area contributed by atoms with E-state index in [9.17, 15) is 0 Å². The fraction of sp³-hybridized carbons (Fsp3) is 0.417. The molecule has 33 heavy (non-hydrogen) atoms. The lowest BCUT2D eigenvalue weighted by Crippen LogP contribution is -2.24. The van der Waals surface area contributed by atoms with Gasteiger partial charge in [0.15, 0.2) is 11.5 Å². The van der Waals surface area contributed by atoms with Crippen LogP contribution in [0.5, 0.6) is 0 Å². The Morgan fingerprint density at radius 1 is 1.18 bits per heavy atom. The number of nitrogens with one attached hydrogen (secondary N) is 1. The maximum Gasteiger partial charge on any atom is 0.164 e. The second kappa shape index (κ2) is 8.92. The SMILES string of the molecule is Cc1c(CNc2nc(-c3cccc(CN(C)CCN)c3)nc3c2cnn3C2CC2)cnn1C. The van der Waals surface area contributed by atoms with Crippen LogP contribution in [0.25, 0.3) is 22.4 Å². The molecule has 3 aromatic heterocycles. The number of likely N-dealkylation sites (N-methyl/N-ethyl adjacent to an activating group) is 1. The third-order valence-electron chi connectivity index (χ3n) is 6.28. The number of nitrogens with zero attached hydrogens (tertiary/aromatic N) is 7. The minimum Gasteiger partial charge on any atom is -0.365 e. The van der Waals surface area contributed by atoms with Crippen LogP contribution in [0.2, 0.25) is 0 Å². The molecule has 3 heterocycles. The van der Waals surface area contributed by atoms with Crippen molar-refractivity contribution in [3.8, 4) is 11.4 Å². The van der Waals surface area contributed by atoms with Gasteiger partial charge in [-0.05, 0) is 38.4 Å². The molecular weight excluding hydrogens is 414 g/mol. The summed E-state index contributed by atoms with van der Waals surface area (Å²) in [6.07, 6.45) is 6.08. The molecule has 9 nitrogen and oxygen atoms in total. The van der Waals surface area contributed by atoms with Crippen molar-refractivity contribution in [1.29, 1.82) is 0 Å². The molecule has 1 aliphatic carbocycles. The summed E-state index contributed by atoms with van der Waals surface area (Å²) in [5.74, 6) is 1.51. The Kier molecular flexibility index (Phi) is 5.82. The van der Waals surface area contributed by atoms with E-state index in [-0.39, 0.29) is 0 Å². The molecule has 0 spiro atoms. The fourth-order valence-electron chi connectivity index (χ4n) is 4.09. The van der Waals surface area contributed by atoms with Gasteiger partial charge in [-0.15, -0.1) is 0 Å². The lowest BCUT2D eigenvalue weighted by Gasteiger charge is -2.16. The van der Waals surface area contributed by atoms with Crippen molar-refractivity contribution in [2.45, 2.75) is 38.9 Å². The topological polar surface area (TPSA) is 103 Å². The first-order chi connectivity index (χ1) is 16.0. The molecule has 3 N–H and O–H groups in total. The van der Waals surface area contributed by atoms with Crippen molar-refractivity contribution in [2.75, 3.05) is 25.5 Å². The minimum absolute atomic E-state index is 0.440. The molecule has 172 valence electrons. The Morgan fingerprint density at radius 3 is 2.76 bits per heavy atom. The summed E-state index contributed by atoms with van der Waals surface area (Å²) in [4.78, 5) is 12.1. The average molecular weight is 446 g/mol. The van der Waals surface area contributed by atoms with Gasteiger partial charge in [-0.25, -0.2) is 14.6 Å². The zero-order valence-corrected chi connectivity index (χ0v) is 19.5. The number of hydrogen-bond acceptors (Lipinski definition) is 7. The minimum atomic E-state index is 0.440. The molecule has 1 aromatic carbocycles. The first kappa shape index (κ1) is 21.5. The van der Waals surface area contributed by atoms with Gasteiger partial charge in [-0.3, -0.25) is 4.68 Å². The van der Waals surface area contributed by atoms with Crippen molar-refractivity contribution in [3.05, 3.63) is 53.5 Å². The van der Waals surface area contributed by atoms with Crippen molar-refractivity contribution in [3.63, 3.8) is 0 Å². The van der Waals surface area contributed by atoms with Crippen LogP contribution < -0.4 is 11.1 Å². The number of aryl methyl sites for hydroxylation is 1. The monoisotopic (exact) mass is 445 g/mol. The van der Waals surface area contributed by atoms with Crippen molar-refractivity contribution in [1.82, 2.24) is 34.4 Å². The highest BCUT2D eigenvalue weighted by atomic mass is 15.3. The van der Waals surface area contributed by atoms with Crippen molar-refractivity contribution < 1.29 is 0 Å². The van der Waals surface area contributed by atoms with Crippen LogP contribution in [-0.2, 0) is 20.1 Å². The van der Waals surface area contributed by atoms with E-state index in [0.717, 1.165) is 59.6 Å². The number of aromatic nitrogens is 6. The number of hydrogen-bond donors (Lipinski definition) is 2. The van der Waals surface area contributed by atoms with Crippen LogP contribution >= 0.6 is 0 Å². The maximum absolute atomic E-state index is 5.71. The van der Waals surface area contributed by atoms with Gasteiger partial charge < -0.3 is 16.0 Å². The summed E-state index contributed by atoms with van der Waals surface area (Å²) in [5, 5.41) is 13.5. The molecule has 0 radical (unpaired) electrons. The Hall–Kier alpha value is -3.30. The van der Waals surface area contributed by atoms with E-state index < -0.39 is 0 Å². The van der Waals surface area contributed by atoms with E-state index in [1.54, 1.807) is 0 Å². The number of nitrogens with two attached hydrogens (primary N) is 1. The summed E-state index contributed by atoms with van der Waals surface area (Å²) < 4.78 is 3.94. The smallest absolute Gasteiger partial charge is 0.164 e. The maximum atomic E-state index is 5.71. The van der Waals surface area contributed by atoms with E-state index >= 15 is 0 Å². The molecule has 0 atom stereocenters. The van der Waals surface area contributed by atoms with E-state index in [2.05, 4.69) is 63.3 Å². The summed E-state index contributed by atoms with van der Waals surface area (Å²) in [7, 11) is 4.04. The molecule has 5 rings (SSSR count). The van der Waals surface area contributed by atoms with Gasteiger partial charge in [-0.2, -0.15) is 10.2 Å². The zero-order valence-electron chi connectivity index (χ0n) is 19.5. The molecule has 9 heteroatoms. The fourth-order valence-corrected chi connectivity index (χ4v) is 4.09. The molecule has 4 aromatic rings. The van der Waals surface area contributed by atoms with E-state index in [4.69, 9.17) is 15.7 Å². The Morgan fingerprint density at radius 2 is 2.03 bits per heavy atom. The molecular formula is C24H31N9. The van der Waals surface area contributed by atoms with Gasteiger partial charge in [0.05, 0.1) is 23.8 Å². The molecule has 0 saturated heterocycles. The van der Waals surface area contributed by atoms with Crippen LogP contribution in [-0.4, -0.2) is 54.6 Å². The van der Waals surface area contributed by atoms with Gasteiger partial charge in [0, 0.05) is 50.0 Å². The molecule has 0 amide bonds. The third kappa shape index (κ3) is 4.46. The standard InChI is InChI=1S/C24H31N9/c1-16-19(13-27-32(16)3)12-26-23-21-14-28-33(20-7-8-20)24(21)30-22(29-23)18-6-4-5-17(11-18)15-31(2)10-9-25/h4-6,11,13-14,20H,7-10,12,15,25H2,1-3H3,(H,26,29,30). The summed E-state index contributed by atoms with van der Waals surface area (Å²) in [6, 6.07) is 8.88. The second-order valence-electron chi connectivity index (χ2n) is 8.91. The molecule has 0 aliphatic heterocycles. The highest BCUT2D eigenvalue weighted by Gasteiger charge is 2.27. The third-order valence-corrected chi connectivity index (χ3v) is 6.28. The first-order valence-electron chi connectivity index (χ1n) is 11.5. The number of anilines is 1. The van der Waals surface area contributed by atoms with Gasteiger partial charge >= 0.3 is 0 Å². The predicted octanol–water partition coefficient (Wildman–Crippen LogP) is 2.87. The predicted molar refractivity (Wildman–Crippen MR) is 130 cm³/mol. The highest BCUT2D eigenvalue weighted by molar-refractivity contribution is 5.88. The van der Waals surface area contributed by atoms with E-state index in [0.29, 0.717) is 25.0 Å². The van der Waals surface area contributed by atoms with Gasteiger partial charge in [-0.1, -0.05) is 18.2 Å². The Balaban J connectivity index is 1.51. The van der Waals surface area contributed by atoms with Crippen molar-refractivity contribution >= 4 is 16.9 Å². The Labute approximate surface area is 193 Å². The molecule has 1 saturated carbocycles. The largest absolute Gasteiger partial charge is 0.365 e.